The van der Waals surface area contributed by atoms with Crippen LogP contribution in [0.4, 0.5) is 5.69 Å². The van der Waals surface area contributed by atoms with Gasteiger partial charge in [-0.3, -0.25) is 0 Å². The van der Waals surface area contributed by atoms with Crippen molar-refractivity contribution in [2.75, 3.05) is 25.6 Å². The van der Waals surface area contributed by atoms with Crippen LogP contribution < -0.4 is 5.32 Å². The first-order valence-corrected chi connectivity index (χ1v) is 7.09. The highest BCUT2D eigenvalue weighted by Crippen LogP contribution is 2.41. The van der Waals surface area contributed by atoms with Crippen LogP contribution in [0.15, 0.2) is 42.5 Å². The molecule has 1 heterocycles. The summed E-state index contributed by atoms with van der Waals surface area (Å²) in [4.78, 5) is 0. The van der Waals surface area contributed by atoms with Gasteiger partial charge in [-0.25, -0.2) is 0 Å². The maximum Gasteiger partial charge on any atom is 0.0672 e. The number of anilines is 1. The fraction of sp³-hybridized carbons (Fsp3) is 0.333. The standard InChI is InChI=1S/C18H21NO/c1-13-4-5-14(2)17(10-13)18(11-20-12-18)15-6-8-16(19-3)9-7-15/h4-10,19H,11-12H2,1-3H3. The summed E-state index contributed by atoms with van der Waals surface area (Å²) >= 11 is 0. The monoisotopic (exact) mass is 267 g/mol. The Kier molecular flexibility index (Phi) is 3.27. The van der Waals surface area contributed by atoms with Crippen LogP contribution in [0.3, 0.4) is 0 Å². The highest BCUT2D eigenvalue weighted by Gasteiger charge is 2.42. The molecule has 104 valence electrons. The second kappa shape index (κ2) is 4.95. The zero-order chi connectivity index (χ0) is 14.2. The quantitative estimate of drug-likeness (QED) is 0.916. The average molecular weight is 267 g/mol. The molecule has 2 heteroatoms. The molecule has 3 rings (SSSR count). The zero-order valence-electron chi connectivity index (χ0n) is 12.4. The van der Waals surface area contributed by atoms with Gasteiger partial charge in [0.2, 0.25) is 0 Å². The van der Waals surface area contributed by atoms with Crippen molar-refractivity contribution in [2.24, 2.45) is 0 Å². The third-order valence-electron chi connectivity index (χ3n) is 4.33. The van der Waals surface area contributed by atoms with Crippen molar-refractivity contribution in [2.45, 2.75) is 19.3 Å². The van der Waals surface area contributed by atoms with Crippen LogP contribution in [0.5, 0.6) is 0 Å². The molecule has 20 heavy (non-hydrogen) atoms. The summed E-state index contributed by atoms with van der Waals surface area (Å²) in [6, 6.07) is 15.4. The van der Waals surface area contributed by atoms with Crippen LogP contribution in [0.1, 0.15) is 22.3 Å². The van der Waals surface area contributed by atoms with Gasteiger partial charge in [-0.05, 0) is 42.7 Å². The van der Waals surface area contributed by atoms with Gasteiger partial charge in [-0.2, -0.15) is 0 Å². The molecule has 0 amide bonds. The second-order valence-electron chi connectivity index (χ2n) is 5.72. The molecule has 2 aromatic carbocycles. The van der Waals surface area contributed by atoms with Crippen molar-refractivity contribution in [3.05, 3.63) is 64.7 Å². The smallest absolute Gasteiger partial charge is 0.0672 e. The molecule has 0 spiro atoms. The Labute approximate surface area is 120 Å². The number of rotatable bonds is 3. The number of hydrogen-bond acceptors (Lipinski definition) is 2. The number of benzene rings is 2. The van der Waals surface area contributed by atoms with Crippen LogP contribution in [0.25, 0.3) is 0 Å². The molecule has 0 saturated carbocycles. The molecule has 0 aromatic heterocycles. The van der Waals surface area contributed by atoms with Gasteiger partial charge in [-0.1, -0.05) is 35.9 Å². The highest BCUT2D eigenvalue weighted by atomic mass is 16.5. The third-order valence-corrected chi connectivity index (χ3v) is 4.33. The average Bonchev–Trinajstić information content (AvgIpc) is 2.42. The van der Waals surface area contributed by atoms with E-state index >= 15 is 0 Å². The van der Waals surface area contributed by atoms with Gasteiger partial charge in [0.25, 0.3) is 0 Å². The SMILES string of the molecule is CNc1ccc(C2(c3cc(C)ccc3C)COC2)cc1. The maximum absolute atomic E-state index is 5.58. The van der Waals surface area contributed by atoms with Crippen LogP contribution in [-0.4, -0.2) is 20.3 Å². The minimum Gasteiger partial charge on any atom is -0.388 e. The highest BCUT2D eigenvalue weighted by molar-refractivity contribution is 5.51. The van der Waals surface area contributed by atoms with Crippen molar-refractivity contribution in [1.82, 2.24) is 0 Å². The zero-order valence-corrected chi connectivity index (χ0v) is 12.4. The minimum atomic E-state index is 0.0301. The van der Waals surface area contributed by atoms with Crippen molar-refractivity contribution in [3.63, 3.8) is 0 Å². The molecular weight excluding hydrogens is 246 g/mol. The number of aryl methyl sites for hydroxylation is 2. The van der Waals surface area contributed by atoms with E-state index in [1.807, 2.05) is 7.05 Å². The van der Waals surface area contributed by atoms with E-state index in [0.717, 1.165) is 18.9 Å². The Bertz CT molecular complexity index is 612. The number of ether oxygens (including phenoxy) is 1. The second-order valence-corrected chi connectivity index (χ2v) is 5.72. The molecule has 0 aliphatic carbocycles. The Morgan fingerprint density at radius 3 is 2.25 bits per heavy atom. The predicted molar refractivity (Wildman–Crippen MR) is 83.5 cm³/mol. The molecule has 2 nitrogen and oxygen atoms in total. The topological polar surface area (TPSA) is 21.3 Å². The first-order valence-electron chi connectivity index (χ1n) is 7.09. The minimum absolute atomic E-state index is 0.0301. The molecule has 1 saturated heterocycles. The van der Waals surface area contributed by atoms with Crippen molar-refractivity contribution < 1.29 is 4.74 Å². The van der Waals surface area contributed by atoms with Gasteiger partial charge in [0, 0.05) is 12.7 Å². The molecule has 1 aliphatic heterocycles. The molecule has 1 N–H and O–H groups in total. The van der Waals surface area contributed by atoms with Crippen LogP contribution in [0.2, 0.25) is 0 Å². The van der Waals surface area contributed by atoms with E-state index in [9.17, 15) is 0 Å². The Hall–Kier alpha value is -1.80. The third kappa shape index (κ3) is 2.01. The molecular formula is C18H21NO. The lowest BCUT2D eigenvalue weighted by atomic mass is 9.71. The van der Waals surface area contributed by atoms with Crippen LogP contribution in [0, 0.1) is 13.8 Å². The van der Waals surface area contributed by atoms with Crippen molar-refractivity contribution >= 4 is 5.69 Å². The largest absolute Gasteiger partial charge is 0.388 e. The summed E-state index contributed by atoms with van der Waals surface area (Å²) in [7, 11) is 1.95. The Morgan fingerprint density at radius 2 is 1.70 bits per heavy atom. The van der Waals surface area contributed by atoms with Gasteiger partial charge in [-0.15, -0.1) is 0 Å². The van der Waals surface area contributed by atoms with Gasteiger partial charge in [0.05, 0.1) is 18.6 Å². The summed E-state index contributed by atoms with van der Waals surface area (Å²) in [5, 5.41) is 3.17. The lowest BCUT2D eigenvalue weighted by Crippen LogP contribution is -2.48. The molecule has 0 radical (unpaired) electrons. The van der Waals surface area contributed by atoms with E-state index in [1.54, 1.807) is 0 Å². The van der Waals surface area contributed by atoms with Crippen LogP contribution >= 0.6 is 0 Å². The number of nitrogens with one attached hydrogen (secondary N) is 1. The van der Waals surface area contributed by atoms with E-state index in [-0.39, 0.29) is 5.41 Å². The van der Waals surface area contributed by atoms with E-state index < -0.39 is 0 Å². The molecule has 0 bridgehead atoms. The lowest BCUT2D eigenvalue weighted by Gasteiger charge is -2.43. The summed E-state index contributed by atoms with van der Waals surface area (Å²) in [5.74, 6) is 0. The fourth-order valence-electron chi connectivity index (χ4n) is 2.99. The molecule has 0 unspecified atom stereocenters. The van der Waals surface area contributed by atoms with E-state index in [2.05, 4.69) is 61.6 Å². The number of hydrogen-bond donors (Lipinski definition) is 1. The predicted octanol–water partition coefficient (Wildman–Crippen LogP) is 3.66. The van der Waals surface area contributed by atoms with Gasteiger partial charge < -0.3 is 10.1 Å². The molecule has 2 aromatic rings. The lowest BCUT2D eigenvalue weighted by molar-refractivity contribution is -0.0382. The Morgan fingerprint density at radius 1 is 1.00 bits per heavy atom. The van der Waals surface area contributed by atoms with E-state index in [0.29, 0.717) is 0 Å². The maximum atomic E-state index is 5.58. The summed E-state index contributed by atoms with van der Waals surface area (Å²) in [5.41, 5.74) is 6.57. The molecule has 1 fully saturated rings. The van der Waals surface area contributed by atoms with Crippen molar-refractivity contribution in [3.8, 4) is 0 Å². The van der Waals surface area contributed by atoms with Crippen LogP contribution in [-0.2, 0) is 10.2 Å². The Balaban J connectivity index is 2.08. The molecule has 1 aliphatic rings. The van der Waals surface area contributed by atoms with Gasteiger partial charge in [0.1, 0.15) is 0 Å². The fourth-order valence-corrected chi connectivity index (χ4v) is 2.99. The summed E-state index contributed by atoms with van der Waals surface area (Å²) in [6.07, 6.45) is 0. The van der Waals surface area contributed by atoms with Crippen molar-refractivity contribution in [1.29, 1.82) is 0 Å². The first kappa shape index (κ1) is 13.2. The summed E-state index contributed by atoms with van der Waals surface area (Å²) in [6.45, 7) is 5.89. The van der Waals surface area contributed by atoms with E-state index in [1.165, 1.54) is 22.3 Å². The summed E-state index contributed by atoms with van der Waals surface area (Å²) < 4.78 is 5.58. The first-order chi connectivity index (χ1) is 9.65. The molecule has 0 atom stereocenters. The van der Waals surface area contributed by atoms with E-state index in [4.69, 9.17) is 4.74 Å². The van der Waals surface area contributed by atoms with Gasteiger partial charge in [0.15, 0.2) is 0 Å². The normalized spacial score (nSPS) is 16.6. The van der Waals surface area contributed by atoms with Gasteiger partial charge >= 0.3 is 0 Å².